The summed E-state index contributed by atoms with van der Waals surface area (Å²) in [5, 5.41) is 17.6. The highest BCUT2D eigenvalue weighted by Gasteiger charge is 2.10. The van der Waals surface area contributed by atoms with Crippen molar-refractivity contribution in [2.75, 3.05) is 5.32 Å². The molecule has 2 aromatic rings. The van der Waals surface area contributed by atoms with Crippen molar-refractivity contribution >= 4 is 11.7 Å². The molecule has 0 aliphatic rings. The number of nitrogens with zero attached hydrogens (tertiary/aromatic N) is 2. The SMILES string of the molecule is Cc1ccc(C(=O)Nc2[nH]ncc2C#N)cc1. The average molecular weight is 226 g/mol. The van der Waals surface area contributed by atoms with Crippen LogP contribution in [0.5, 0.6) is 0 Å². The predicted octanol–water partition coefficient (Wildman–Crippen LogP) is 1.84. The van der Waals surface area contributed by atoms with Gasteiger partial charge in [0, 0.05) is 5.56 Å². The molecule has 5 heteroatoms. The Morgan fingerprint density at radius 2 is 2.12 bits per heavy atom. The molecular formula is C12H10N4O. The van der Waals surface area contributed by atoms with Crippen LogP contribution < -0.4 is 5.32 Å². The first-order valence-corrected chi connectivity index (χ1v) is 5.02. The second-order valence-corrected chi connectivity index (χ2v) is 3.59. The molecule has 0 saturated heterocycles. The third-order valence-electron chi connectivity index (χ3n) is 2.31. The second kappa shape index (κ2) is 4.49. The van der Waals surface area contributed by atoms with Gasteiger partial charge in [-0.3, -0.25) is 9.89 Å². The van der Waals surface area contributed by atoms with Crippen LogP contribution in [-0.2, 0) is 0 Å². The summed E-state index contributed by atoms with van der Waals surface area (Å²) in [6.07, 6.45) is 1.37. The molecule has 0 aliphatic carbocycles. The number of hydrogen-bond acceptors (Lipinski definition) is 3. The first-order chi connectivity index (χ1) is 8.20. The smallest absolute Gasteiger partial charge is 0.256 e. The van der Waals surface area contributed by atoms with Crippen LogP contribution >= 0.6 is 0 Å². The lowest BCUT2D eigenvalue weighted by Gasteiger charge is -2.03. The van der Waals surface area contributed by atoms with Crippen LogP contribution in [0.1, 0.15) is 21.5 Å². The Hall–Kier alpha value is -2.61. The van der Waals surface area contributed by atoms with E-state index in [2.05, 4.69) is 15.5 Å². The lowest BCUT2D eigenvalue weighted by Crippen LogP contribution is -2.12. The first kappa shape index (κ1) is 10.9. The van der Waals surface area contributed by atoms with E-state index in [9.17, 15) is 4.79 Å². The summed E-state index contributed by atoms with van der Waals surface area (Å²) in [6.45, 7) is 1.95. The van der Waals surface area contributed by atoms with Crippen molar-refractivity contribution in [2.45, 2.75) is 6.92 Å². The van der Waals surface area contributed by atoms with Gasteiger partial charge in [0.15, 0.2) is 0 Å². The van der Waals surface area contributed by atoms with Gasteiger partial charge in [0.25, 0.3) is 5.91 Å². The molecular weight excluding hydrogens is 216 g/mol. The van der Waals surface area contributed by atoms with Crippen molar-refractivity contribution in [3.8, 4) is 6.07 Å². The van der Waals surface area contributed by atoms with Gasteiger partial charge in [-0.25, -0.2) is 0 Å². The Morgan fingerprint density at radius 1 is 1.41 bits per heavy atom. The second-order valence-electron chi connectivity index (χ2n) is 3.59. The summed E-state index contributed by atoms with van der Waals surface area (Å²) in [5.41, 5.74) is 1.93. The molecule has 2 rings (SSSR count). The molecule has 2 N–H and O–H groups in total. The predicted molar refractivity (Wildman–Crippen MR) is 62.4 cm³/mol. The minimum absolute atomic E-state index is 0.272. The molecule has 1 aromatic heterocycles. The Morgan fingerprint density at radius 3 is 2.76 bits per heavy atom. The molecule has 0 spiro atoms. The molecule has 1 aromatic carbocycles. The highest BCUT2D eigenvalue weighted by Crippen LogP contribution is 2.11. The molecule has 0 aliphatic heterocycles. The summed E-state index contributed by atoms with van der Waals surface area (Å²) in [7, 11) is 0. The molecule has 0 fully saturated rings. The maximum atomic E-state index is 11.8. The number of H-pyrrole nitrogens is 1. The third kappa shape index (κ3) is 2.32. The van der Waals surface area contributed by atoms with Crippen LogP contribution in [0.4, 0.5) is 5.82 Å². The van der Waals surface area contributed by atoms with E-state index in [1.165, 1.54) is 6.20 Å². The van der Waals surface area contributed by atoms with Crippen molar-refractivity contribution in [3.63, 3.8) is 0 Å². The van der Waals surface area contributed by atoms with E-state index >= 15 is 0 Å². The molecule has 1 heterocycles. The van der Waals surface area contributed by atoms with E-state index < -0.39 is 0 Å². The van der Waals surface area contributed by atoms with Gasteiger partial charge in [0.2, 0.25) is 0 Å². The minimum Gasteiger partial charge on any atom is -0.306 e. The van der Waals surface area contributed by atoms with Gasteiger partial charge in [-0.05, 0) is 19.1 Å². The van der Waals surface area contributed by atoms with Crippen molar-refractivity contribution in [2.24, 2.45) is 0 Å². The summed E-state index contributed by atoms with van der Waals surface area (Å²) in [5.74, 6) is 0.0452. The Balaban J connectivity index is 2.18. The van der Waals surface area contributed by atoms with Gasteiger partial charge in [-0.1, -0.05) is 17.7 Å². The number of rotatable bonds is 2. The van der Waals surface area contributed by atoms with E-state index in [0.29, 0.717) is 16.9 Å². The summed E-state index contributed by atoms with van der Waals surface area (Å²) >= 11 is 0. The van der Waals surface area contributed by atoms with Crippen molar-refractivity contribution in [3.05, 3.63) is 47.2 Å². The average Bonchev–Trinajstić information content (AvgIpc) is 2.77. The zero-order chi connectivity index (χ0) is 12.3. The van der Waals surface area contributed by atoms with Crippen LogP contribution in [-0.4, -0.2) is 16.1 Å². The van der Waals surface area contributed by atoms with Crippen LogP contribution in [0.2, 0.25) is 0 Å². The van der Waals surface area contributed by atoms with Crippen LogP contribution in [0, 0.1) is 18.3 Å². The quantitative estimate of drug-likeness (QED) is 0.819. The largest absolute Gasteiger partial charge is 0.306 e. The first-order valence-electron chi connectivity index (χ1n) is 5.02. The Labute approximate surface area is 98.1 Å². The summed E-state index contributed by atoms with van der Waals surface area (Å²) < 4.78 is 0. The van der Waals surface area contributed by atoms with Gasteiger partial charge in [0.1, 0.15) is 17.5 Å². The molecule has 0 saturated carbocycles. The van der Waals surface area contributed by atoms with Gasteiger partial charge in [-0.15, -0.1) is 0 Å². The molecule has 0 bridgehead atoms. The number of hydrogen-bond donors (Lipinski definition) is 2. The number of aromatic amines is 1. The van der Waals surface area contributed by atoms with Crippen molar-refractivity contribution < 1.29 is 4.79 Å². The summed E-state index contributed by atoms with van der Waals surface area (Å²) in [6, 6.07) is 9.10. The fourth-order valence-corrected chi connectivity index (χ4v) is 1.36. The van der Waals surface area contributed by atoms with Crippen LogP contribution in [0.3, 0.4) is 0 Å². The number of carbonyl (C=O) groups excluding carboxylic acids is 1. The molecule has 0 atom stereocenters. The van der Waals surface area contributed by atoms with E-state index in [0.717, 1.165) is 5.56 Å². The monoisotopic (exact) mass is 226 g/mol. The number of carbonyl (C=O) groups is 1. The fourth-order valence-electron chi connectivity index (χ4n) is 1.36. The van der Waals surface area contributed by atoms with Crippen molar-refractivity contribution in [1.29, 1.82) is 5.26 Å². The molecule has 84 valence electrons. The number of anilines is 1. The van der Waals surface area contributed by atoms with Crippen LogP contribution in [0.15, 0.2) is 30.5 Å². The number of nitrogens with one attached hydrogen (secondary N) is 2. The summed E-state index contributed by atoms with van der Waals surface area (Å²) in [4.78, 5) is 11.8. The van der Waals surface area contributed by atoms with Gasteiger partial charge in [0.05, 0.1) is 6.20 Å². The normalized spacial score (nSPS) is 9.65. The number of aryl methyl sites for hydroxylation is 1. The Kier molecular flexibility index (Phi) is 2.88. The molecule has 17 heavy (non-hydrogen) atoms. The van der Waals surface area contributed by atoms with E-state index in [-0.39, 0.29) is 5.91 Å². The zero-order valence-corrected chi connectivity index (χ0v) is 9.19. The highest BCUT2D eigenvalue weighted by atomic mass is 16.1. The minimum atomic E-state index is -0.272. The van der Waals surface area contributed by atoms with E-state index in [1.807, 2.05) is 25.1 Å². The third-order valence-corrected chi connectivity index (χ3v) is 2.31. The van der Waals surface area contributed by atoms with Gasteiger partial charge in [-0.2, -0.15) is 10.4 Å². The highest BCUT2D eigenvalue weighted by molar-refractivity contribution is 6.04. The number of benzene rings is 1. The van der Waals surface area contributed by atoms with Crippen molar-refractivity contribution in [1.82, 2.24) is 10.2 Å². The van der Waals surface area contributed by atoms with E-state index in [1.54, 1.807) is 12.1 Å². The lowest BCUT2D eigenvalue weighted by atomic mass is 10.1. The van der Waals surface area contributed by atoms with E-state index in [4.69, 9.17) is 5.26 Å². The maximum absolute atomic E-state index is 11.8. The molecule has 1 amide bonds. The zero-order valence-electron chi connectivity index (χ0n) is 9.19. The molecule has 0 radical (unpaired) electrons. The number of amides is 1. The standard InChI is InChI=1S/C12H10N4O/c1-8-2-4-9(5-3-8)12(17)15-11-10(6-13)7-14-16-11/h2-5,7H,1H3,(H2,14,15,16,17). The fraction of sp³-hybridized carbons (Fsp3) is 0.0833. The Bertz CT molecular complexity index is 577. The van der Waals surface area contributed by atoms with Crippen LogP contribution in [0.25, 0.3) is 0 Å². The molecule has 5 nitrogen and oxygen atoms in total. The van der Waals surface area contributed by atoms with Gasteiger partial charge >= 0.3 is 0 Å². The lowest BCUT2D eigenvalue weighted by molar-refractivity contribution is 0.102. The number of nitriles is 1. The maximum Gasteiger partial charge on any atom is 0.256 e. The number of aromatic nitrogens is 2. The topological polar surface area (TPSA) is 81.6 Å². The van der Waals surface area contributed by atoms with Gasteiger partial charge < -0.3 is 5.32 Å². The molecule has 0 unspecified atom stereocenters.